The molecule has 36 heavy (non-hydrogen) atoms. The van der Waals surface area contributed by atoms with E-state index in [1.165, 1.54) is 30.0 Å². The third-order valence-corrected chi connectivity index (χ3v) is 8.04. The zero-order valence-electron chi connectivity index (χ0n) is 19.7. The maximum atomic E-state index is 14.4. The van der Waals surface area contributed by atoms with E-state index in [0.29, 0.717) is 37.0 Å². The molecule has 0 radical (unpaired) electrons. The summed E-state index contributed by atoms with van der Waals surface area (Å²) in [6.45, 7) is 5.60. The Morgan fingerprint density at radius 2 is 1.64 bits per heavy atom. The molecule has 1 heterocycles. The van der Waals surface area contributed by atoms with Gasteiger partial charge >= 0.3 is 0 Å². The predicted molar refractivity (Wildman–Crippen MR) is 144 cm³/mol. The quantitative estimate of drug-likeness (QED) is 0.227. The smallest absolute Gasteiger partial charge is 0.173 e. The van der Waals surface area contributed by atoms with Gasteiger partial charge < -0.3 is 5.11 Å². The Morgan fingerprint density at radius 1 is 1.00 bits per heavy atom. The van der Waals surface area contributed by atoms with Crippen molar-refractivity contribution in [2.45, 2.75) is 43.2 Å². The molecule has 0 bridgehead atoms. The highest BCUT2D eigenvalue weighted by Gasteiger charge is 2.31. The highest BCUT2D eigenvalue weighted by Crippen LogP contribution is 2.41. The molecule has 3 aromatic carbocycles. The van der Waals surface area contributed by atoms with E-state index in [2.05, 4.69) is 4.98 Å². The molecule has 4 rings (SSSR count). The van der Waals surface area contributed by atoms with Crippen LogP contribution in [0, 0.1) is 11.6 Å². The lowest BCUT2D eigenvalue weighted by atomic mass is 9.81. The average molecular weight is 568 g/mol. The standard InChI is InChI=1S/C27H23Cl3F2N2OS/c1-15(35)25-21(29)11-16(12-22(25)30)27(2,3)24-13-33-26(34(24)18-9-7-17(31)8-10-18)36-14-19-20(28)5-4-6-23(19)32/h4-13,15,35H,14H2,1-3H3. The molecule has 0 spiro atoms. The summed E-state index contributed by atoms with van der Waals surface area (Å²) in [6, 6.07) is 14.2. The monoisotopic (exact) mass is 566 g/mol. The SMILES string of the molecule is CC(O)c1c(Cl)cc(C(C)(C)c2cnc(SCc3c(F)cccc3Cl)n2-c2ccc(F)cc2)cc1Cl. The van der Waals surface area contributed by atoms with Crippen LogP contribution in [0.2, 0.25) is 15.1 Å². The minimum atomic E-state index is -0.819. The lowest BCUT2D eigenvalue weighted by molar-refractivity contribution is 0.199. The van der Waals surface area contributed by atoms with Crippen LogP contribution in [0.3, 0.4) is 0 Å². The summed E-state index contributed by atoms with van der Waals surface area (Å²) in [6.07, 6.45) is 0.916. The Bertz CT molecular complexity index is 1360. The molecule has 0 saturated heterocycles. The van der Waals surface area contributed by atoms with Gasteiger partial charge in [0.25, 0.3) is 0 Å². The zero-order chi connectivity index (χ0) is 26.2. The average Bonchev–Trinajstić information content (AvgIpc) is 3.23. The van der Waals surface area contributed by atoms with Crippen LogP contribution in [0.1, 0.15) is 49.3 Å². The van der Waals surface area contributed by atoms with Crippen molar-refractivity contribution in [2.75, 3.05) is 0 Å². The Kier molecular flexibility index (Phi) is 8.03. The fourth-order valence-electron chi connectivity index (χ4n) is 4.02. The van der Waals surface area contributed by atoms with Gasteiger partial charge in [-0.2, -0.15) is 0 Å². The molecule has 1 N–H and O–H groups in total. The third kappa shape index (κ3) is 5.29. The summed E-state index contributed by atoms with van der Waals surface area (Å²) in [4.78, 5) is 4.63. The topological polar surface area (TPSA) is 38.1 Å². The normalized spacial score (nSPS) is 12.7. The van der Waals surface area contributed by atoms with E-state index in [4.69, 9.17) is 34.8 Å². The second-order valence-corrected chi connectivity index (χ2v) is 11.0. The van der Waals surface area contributed by atoms with E-state index in [9.17, 15) is 13.9 Å². The van der Waals surface area contributed by atoms with E-state index in [1.807, 2.05) is 18.4 Å². The van der Waals surface area contributed by atoms with Gasteiger partial charge in [-0.3, -0.25) is 4.57 Å². The van der Waals surface area contributed by atoms with Gasteiger partial charge in [0.2, 0.25) is 0 Å². The second-order valence-electron chi connectivity index (χ2n) is 8.88. The van der Waals surface area contributed by atoms with Crippen LogP contribution in [-0.4, -0.2) is 14.7 Å². The molecule has 0 saturated carbocycles. The number of hydrogen-bond acceptors (Lipinski definition) is 3. The number of halogens is 5. The van der Waals surface area contributed by atoms with E-state index >= 15 is 0 Å². The fraction of sp³-hybridized carbons (Fsp3) is 0.222. The number of imidazole rings is 1. The van der Waals surface area contributed by atoms with Crippen molar-refractivity contribution >= 4 is 46.6 Å². The van der Waals surface area contributed by atoms with Gasteiger partial charge in [-0.15, -0.1) is 0 Å². The van der Waals surface area contributed by atoms with E-state index in [0.717, 1.165) is 11.3 Å². The van der Waals surface area contributed by atoms with Crippen molar-refractivity contribution in [3.05, 3.63) is 110 Å². The van der Waals surface area contributed by atoms with E-state index in [-0.39, 0.29) is 11.6 Å². The van der Waals surface area contributed by atoms with E-state index < -0.39 is 17.3 Å². The number of aromatic nitrogens is 2. The van der Waals surface area contributed by atoms with Crippen molar-refractivity contribution < 1.29 is 13.9 Å². The van der Waals surface area contributed by atoms with Gasteiger partial charge in [0.05, 0.1) is 18.0 Å². The lowest BCUT2D eigenvalue weighted by Crippen LogP contribution is -2.23. The molecule has 9 heteroatoms. The molecule has 1 atom stereocenters. The highest BCUT2D eigenvalue weighted by atomic mass is 35.5. The number of aliphatic hydroxyl groups is 1. The van der Waals surface area contributed by atoms with Gasteiger partial charge in [-0.1, -0.05) is 66.5 Å². The second kappa shape index (κ2) is 10.7. The fourth-order valence-corrected chi connectivity index (χ4v) is 6.16. The Morgan fingerprint density at radius 3 is 2.22 bits per heavy atom. The molecule has 0 fully saturated rings. The number of hydrogen-bond donors (Lipinski definition) is 1. The Labute approximate surface area is 228 Å². The van der Waals surface area contributed by atoms with Crippen molar-refractivity contribution in [2.24, 2.45) is 0 Å². The number of benzene rings is 3. The minimum Gasteiger partial charge on any atom is -0.389 e. The molecule has 0 amide bonds. The zero-order valence-corrected chi connectivity index (χ0v) is 22.8. The van der Waals surface area contributed by atoms with Gasteiger partial charge in [-0.05, 0) is 61.0 Å². The maximum Gasteiger partial charge on any atom is 0.173 e. The number of aliphatic hydroxyl groups excluding tert-OH is 1. The summed E-state index contributed by atoms with van der Waals surface area (Å²) in [7, 11) is 0. The van der Waals surface area contributed by atoms with Crippen LogP contribution < -0.4 is 0 Å². The van der Waals surface area contributed by atoms with Crippen LogP contribution in [0.5, 0.6) is 0 Å². The van der Waals surface area contributed by atoms with Crippen LogP contribution in [0.4, 0.5) is 8.78 Å². The van der Waals surface area contributed by atoms with Gasteiger partial charge in [-0.25, -0.2) is 13.8 Å². The van der Waals surface area contributed by atoms with Crippen molar-refractivity contribution in [3.63, 3.8) is 0 Å². The first kappa shape index (κ1) is 27.0. The molecule has 4 aromatic rings. The predicted octanol–water partition coefficient (Wildman–Crippen LogP) is 8.78. The highest BCUT2D eigenvalue weighted by molar-refractivity contribution is 7.98. The molecule has 0 aliphatic carbocycles. The Hall–Kier alpha value is -2.09. The molecule has 3 nitrogen and oxygen atoms in total. The summed E-state index contributed by atoms with van der Waals surface area (Å²) in [5, 5.41) is 11.7. The molecule has 1 aromatic heterocycles. The van der Waals surface area contributed by atoms with Gasteiger partial charge in [0, 0.05) is 43.1 Å². The molecular formula is C27H23Cl3F2N2OS. The molecule has 0 aliphatic heterocycles. The minimum absolute atomic E-state index is 0.254. The molecule has 1 unspecified atom stereocenters. The summed E-state index contributed by atoms with van der Waals surface area (Å²) in [5.74, 6) is -0.498. The Balaban J connectivity index is 1.82. The first-order valence-corrected chi connectivity index (χ1v) is 13.2. The van der Waals surface area contributed by atoms with Gasteiger partial charge in [0.1, 0.15) is 11.6 Å². The maximum absolute atomic E-state index is 14.4. The van der Waals surface area contributed by atoms with Crippen LogP contribution >= 0.6 is 46.6 Å². The summed E-state index contributed by atoms with van der Waals surface area (Å²) in [5.41, 5.74) is 2.47. The van der Waals surface area contributed by atoms with Crippen molar-refractivity contribution in [1.82, 2.24) is 9.55 Å². The molecular weight excluding hydrogens is 545 g/mol. The first-order chi connectivity index (χ1) is 17.0. The number of thioether (sulfide) groups is 1. The van der Waals surface area contributed by atoms with Gasteiger partial charge in [0.15, 0.2) is 5.16 Å². The first-order valence-electron chi connectivity index (χ1n) is 11.1. The van der Waals surface area contributed by atoms with Crippen LogP contribution in [-0.2, 0) is 11.2 Å². The van der Waals surface area contributed by atoms with Crippen molar-refractivity contribution in [1.29, 1.82) is 0 Å². The number of rotatable bonds is 7. The summed E-state index contributed by atoms with van der Waals surface area (Å²) >= 11 is 20.5. The number of nitrogens with zero attached hydrogens (tertiary/aromatic N) is 2. The van der Waals surface area contributed by atoms with E-state index in [1.54, 1.807) is 49.5 Å². The lowest BCUT2D eigenvalue weighted by Gasteiger charge is -2.28. The molecule has 0 aliphatic rings. The third-order valence-electron chi connectivity index (χ3n) is 6.08. The summed E-state index contributed by atoms with van der Waals surface area (Å²) < 4.78 is 30.0. The largest absolute Gasteiger partial charge is 0.389 e. The van der Waals surface area contributed by atoms with Crippen LogP contribution in [0.15, 0.2) is 66.0 Å². The van der Waals surface area contributed by atoms with Crippen molar-refractivity contribution in [3.8, 4) is 5.69 Å². The molecule has 188 valence electrons. The van der Waals surface area contributed by atoms with Crippen LogP contribution in [0.25, 0.3) is 5.69 Å².